The zero-order valence-electron chi connectivity index (χ0n) is 22.4. The molecule has 0 spiro atoms. The molecule has 0 aromatic heterocycles. The van der Waals surface area contributed by atoms with Crippen molar-refractivity contribution in [2.45, 2.75) is 9.79 Å². The van der Waals surface area contributed by atoms with E-state index in [0.29, 0.717) is 5.39 Å². The van der Waals surface area contributed by atoms with Gasteiger partial charge in [0, 0.05) is 27.2 Å². The molecular formula is C28H19N5O10S2. The number of benzene rings is 5. The molecule has 6 N–H and O–H groups in total. The number of nitrogens with two attached hydrogens (primary N) is 1. The highest BCUT2D eigenvalue weighted by Crippen LogP contribution is 2.38. The second-order valence-corrected chi connectivity index (χ2v) is 12.3. The Labute approximate surface area is 253 Å². The van der Waals surface area contributed by atoms with Crippen molar-refractivity contribution in [2.75, 3.05) is 5.73 Å². The molecule has 0 aliphatic carbocycles. The first kappa shape index (κ1) is 30.8. The van der Waals surface area contributed by atoms with Crippen LogP contribution in [0.5, 0.6) is 0 Å². The molecule has 0 saturated heterocycles. The molecule has 17 heteroatoms. The molecule has 0 aliphatic rings. The molecule has 15 nitrogen and oxygen atoms in total. The van der Waals surface area contributed by atoms with Crippen molar-refractivity contribution in [3.63, 3.8) is 0 Å². The average Bonchev–Trinajstić information content (AvgIpc) is 2.98. The molecule has 0 aliphatic heterocycles. The minimum Gasteiger partial charge on any atom is -0.478 e. The van der Waals surface area contributed by atoms with Gasteiger partial charge < -0.3 is 15.9 Å². The van der Waals surface area contributed by atoms with Crippen LogP contribution in [-0.2, 0) is 20.2 Å². The van der Waals surface area contributed by atoms with Crippen molar-refractivity contribution in [1.29, 1.82) is 0 Å². The van der Waals surface area contributed by atoms with Crippen molar-refractivity contribution >= 4 is 82.2 Å². The number of fused-ring (bicyclic) bond motifs is 2. The van der Waals surface area contributed by atoms with Gasteiger partial charge in [-0.15, -0.1) is 15.3 Å². The van der Waals surface area contributed by atoms with E-state index in [1.807, 2.05) is 0 Å². The molecule has 45 heavy (non-hydrogen) atoms. The summed E-state index contributed by atoms with van der Waals surface area (Å²) in [6.45, 7) is 0. The minimum atomic E-state index is -4.64. The van der Waals surface area contributed by atoms with Crippen molar-refractivity contribution in [2.24, 2.45) is 20.5 Å². The number of aromatic carboxylic acids is 2. The quantitative estimate of drug-likeness (QED) is 0.0707. The summed E-state index contributed by atoms with van der Waals surface area (Å²) in [4.78, 5) is 22.0. The SMILES string of the molecule is Nc1ccc(N=Nc2ccc(N=Nc3cc(C(=O)O)cc(C(=O)O)c3)c3ccc(S(=O)(=O)O)cc23)c2ccc(S(=O)(=O)O)cc12. The number of hydrogen-bond donors (Lipinski definition) is 5. The van der Waals surface area contributed by atoms with Crippen LogP contribution in [0.3, 0.4) is 0 Å². The Kier molecular flexibility index (Phi) is 7.86. The fourth-order valence-corrected chi connectivity index (χ4v) is 5.36. The number of rotatable bonds is 8. The first-order chi connectivity index (χ1) is 21.1. The highest BCUT2D eigenvalue weighted by molar-refractivity contribution is 7.86. The second-order valence-electron chi connectivity index (χ2n) is 9.42. The van der Waals surface area contributed by atoms with Crippen LogP contribution >= 0.6 is 0 Å². The Morgan fingerprint density at radius 3 is 1.44 bits per heavy atom. The van der Waals surface area contributed by atoms with E-state index in [2.05, 4.69) is 20.5 Å². The molecule has 0 unspecified atom stereocenters. The predicted molar refractivity (Wildman–Crippen MR) is 161 cm³/mol. The number of carbonyl (C=O) groups is 2. The first-order valence-electron chi connectivity index (χ1n) is 12.4. The topological polar surface area (TPSA) is 259 Å². The Morgan fingerprint density at radius 1 is 0.533 bits per heavy atom. The summed E-state index contributed by atoms with van der Waals surface area (Å²) in [5.41, 5.74) is 6.00. The summed E-state index contributed by atoms with van der Waals surface area (Å²) in [6.07, 6.45) is 0. The molecule has 0 amide bonds. The van der Waals surface area contributed by atoms with Gasteiger partial charge in [-0.25, -0.2) is 9.59 Å². The van der Waals surface area contributed by atoms with Gasteiger partial charge in [0.15, 0.2) is 0 Å². The average molecular weight is 650 g/mol. The van der Waals surface area contributed by atoms with Crippen LogP contribution in [0.4, 0.5) is 28.4 Å². The van der Waals surface area contributed by atoms with E-state index in [9.17, 15) is 45.7 Å². The second kappa shape index (κ2) is 11.5. The van der Waals surface area contributed by atoms with Crippen molar-refractivity contribution in [3.8, 4) is 0 Å². The van der Waals surface area contributed by atoms with Gasteiger partial charge in [-0.3, -0.25) is 9.11 Å². The first-order valence-corrected chi connectivity index (χ1v) is 15.3. The van der Waals surface area contributed by atoms with Gasteiger partial charge in [0.05, 0.1) is 43.7 Å². The van der Waals surface area contributed by atoms with Crippen LogP contribution in [-0.4, -0.2) is 48.1 Å². The van der Waals surface area contributed by atoms with E-state index in [1.54, 1.807) is 0 Å². The number of carboxylic acid groups (broad SMARTS) is 2. The summed E-state index contributed by atoms with van der Waals surface area (Å²) >= 11 is 0. The lowest BCUT2D eigenvalue weighted by Gasteiger charge is -2.08. The summed E-state index contributed by atoms with van der Waals surface area (Å²) in [6, 6.07) is 16.3. The lowest BCUT2D eigenvalue weighted by Crippen LogP contribution is -2.01. The molecule has 0 bridgehead atoms. The number of azo groups is 2. The third kappa shape index (κ3) is 6.50. The van der Waals surface area contributed by atoms with E-state index in [4.69, 9.17) is 5.73 Å². The Bertz CT molecular complexity index is 2320. The lowest BCUT2D eigenvalue weighted by molar-refractivity contribution is 0.0696. The smallest absolute Gasteiger partial charge is 0.335 e. The van der Waals surface area contributed by atoms with Crippen LogP contribution in [0.15, 0.2) is 109 Å². The molecule has 0 saturated carbocycles. The summed E-state index contributed by atoms with van der Waals surface area (Å²) in [7, 11) is -9.15. The fourth-order valence-electron chi connectivity index (χ4n) is 4.35. The van der Waals surface area contributed by atoms with Crippen molar-refractivity contribution in [3.05, 3.63) is 90.0 Å². The lowest BCUT2D eigenvalue weighted by atomic mass is 10.1. The molecule has 0 radical (unpaired) electrons. The van der Waals surface area contributed by atoms with Gasteiger partial charge in [-0.1, -0.05) is 12.1 Å². The summed E-state index contributed by atoms with van der Waals surface area (Å²) < 4.78 is 66.0. The highest BCUT2D eigenvalue weighted by atomic mass is 32.2. The molecule has 0 fully saturated rings. The molecule has 0 atom stereocenters. The van der Waals surface area contributed by atoms with Gasteiger partial charge in [-0.2, -0.15) is 21.9 Å². The van der Waals surface area contributed by atoms with E-state index >= 15 is 0 Å². The van der Waals surface area contributed by atoms with Crippen LogP contribution in [0, 0.1) is 0 Å². The largest absolute Gasteiger partial charge is 0.478 e. The van der Waals surface area contributed by atoms with E-state index in [-0.39, 0.29) is 60.6 Å². The van der Waals surface area contributed by atoms with Crippen LogP contribution < -0.4 is 5.73 Å². The van der Waals surface area contributed by atoms with Crippen molar-refractivity contribution < 1.29 is 45.7 Å². The summed E-state index contributed by atoms with van der Waals surface area (Å²) in [5, 5.41) is 36.3. The molecule has 5 aromatic rings. The zero-order valence-corrected chi connectivity index (χ0v) is 24.1. The Morgan fingerprint density at radius 2 is 0.956 bits per heavy atom. The maximum absolute atomic E-state index is 11.9. The number of nitrogen functional groups attached to an aromatic ring is 1. The van der Waals surface area contributed by atoms with Gasteiger partial charge in [0.2, 0.25) is 0 Å². The Balaban J connectivity index is 1.63. The van der Waals surface area contributed by atoms with Gasteiger partial charge in [-0.05, 0) is 66.7 Å². The van der Waals surface area contributed by atoms with Crippen LogP contribution in [0.2, 0.25) is 0 Å². The maximum Gasteiger partial charge on any atom is 0.335 e. The van der Waals surface area contributed by atoms with Crippen LogP contribution in [0.25, 0.3) is 21.5 Å². The fraction of sp³-hybridized carbons (Fsp3) is 0. The standard InChI is InChI=1S/C28H19N5O10S2/c29-23-5-6-24(19-3-1-17(12-21(19)23)44(38,39)40)32-33-26-8-7-25(20-4-2-18(13-22(20)26)45(41,42)43)31-30-16-10-14(27(34)35)9-15(11-16)28(36)37/h1-13H,29H2,(H,34,35)(H,36,37)(H,38,39,40)(H,41,42,43). The number of carboxylic acids is 2. The normalized spacial score (nSPS) is 12.4. The predicted octanol–water partition coefficient (Wildman–Crippen LogP) is 6.30. The maximum atomic E-state index is 11.9. The minimum absolute atomic E-state index is 0.0776. The monoisotopic (exact) mass is 649 g/mol. The third-order valence-electron chi connectivity index (χ3n) is 6.49. The van der Waals surface area contributed by atoms with Gasteiger partial charge >= 0.3 is 11.9 Å². The van der Waals surface area contributed by atoms with Crippen molar-refractivity contribution in [1.82, 2.24) is 0 Å². The molecule has 228 valence electrons. The van der Waals surface area contributed by atoms with Crippen LogP contribution in [0.1, 0.15) is 20.7 Å². The number of hydrogen-bond acceptors (Lipinski definition) is 11. The molecular weight excluding hydrogens is 630 g/mol. The molecule has 5 aromatic carbocycles. The van der Waals surface area contributed by atoms with E-state index in [0.717, 1.165) is 36.4 Å². The highest BCUT2D eigenvalue weighted by Gasteiger charge is 2.16. The zero-order chi connectivity index (χ0) is 32.7. The van der Waals surface area contributed by atoms with Gasteiger partial charge in [0.1, 0.15) is 0 Å². The third-order valence-corrected chi connectivity index (χ3v) is 8.19. The number of anilines is 1. The van der Waals surface area contributed by atoms with E-state index in [1.165, 1.54) is 42.5 Å². The Hall–Kier alpha value is -5.62. The molecule has 5 rings (SSSR count). The molecule has 0 heterocycles. The van der Waals surface area contributed by atoms with Gasteiger partial charge in [0.25, 0.3) is 20.2 Å². The van der Waals surface area contributed by atoms with E-state index < -0.39 is 37.1 Å². The number of nitrogens with zero attached hydrogens (tertiary/aromatic N) is 4. The summed E-state index contributed by atoms with van der Waals surface area (Å²) in [5.74, 6) is -2.75.